The first-order valence-electron chi connectivity index (χ1n) is 6.34. The summed E-state index contributed by atoms with van der Waals surface area (Å²) in [6.07, 6.45) is -4.48. The van der Waals surface area contributed by atoms with Crippen molar-refractivity contribution in [1.82, 2.24) is 10.6 Å². The number of anilines is 1. The van der Waals surface area contributed by atoms with E-state index in [1.54, 1.807) is 11.8 Å². The van der Waals surface area contributed by atoms with Crippen molar-refractivity contribution in [2.45, 2.75) is 18.8 Å². The Morgan fingerprint density at radius 2 is 2.10 bits per heavy atom. The van der Waals surface area contributed by atoms with E-state index in [0.717, 1.165) is 6.07 Å². The zero-order valence-corrected chi connectivity index (χ0v) is 10.8. The molecule has 20 heavy (non-hydrogen) atoms. The highest BCUT2D eigenvalue weighted by atomic mass is 19.4. The molecule has 1 saturated heterocycles. The van der Waals surface area contributed by atoms with Crippen molar-refractivity contribution in [2.75, 3.05) is 24.5 Å². The molecule has 2 N–H and O–H groups in total. The Hall–Kier alpha value is -1.76. The predicted molar refractivity (Wildman–Crippen MR) is 67.5 cm³/mol. The summed E-state index contributed by atoms with van der Waals surface area (Å²) in [5.41, 5.74) is -1.51. The van der Waals surface area contributed by atoms with Crippen LogP contribution < -0.4 is 15.5 Å². The van der Waals surface area contributed by atoms with E-state index in [-0.39, 0.29) is 11.3 Å². The second kappa shape index (κ2) is 4.12. The number of nitrogens with zero attached hydrogens (tertiary/aromatic N) is 1. The largest absolute Gasteiger partial charge is 0.418 e. The van der Waals surface area contributed by atoms with Gasteiger partial charge in [-0.1, -0.05) is 6.07 Å². The molecule has 0 unspecified atom stereocenters. The van der Waals surface area contributed by atoms with Crippen LogP contribution in [0.1, 0.15) is 22.8 Å². The second-order valence-electron chi connectivity index (χ2n) is 5.26. The molecule has 7 heteroatoms. The molecule has 0 aromatic heterocycles. The van der Waals surface area contributed by atoms with Crippen LogP contribution in [-0.2, 0) is 6.18 Å². The van der Waals surface area contributed by atoms with Gasteiger partial charge in [-0.05, 0) is 19.1 Å². The lowest BCUT2D eigenvalue weighted by atomic mass is 9.95. The lowest BCUT2D eigenvalue weighted by Gasteiger charge is -2.50. The van der Waals surface area contributed by atoms with Crippen molar-refractivity contribution in [2.24, 2.45) is 0 Å². The fourth-order valence-corrected chi connectivity index (χ4v) is 2.89. The maximum absolute atomic E-state index is 13.2. The molecule has 1 fully saturated rings. The minimum atomic E-state index is -4.48. The van der Waals surface area contributed by atoms with Gasteiger partial charge in [-0.3, -0.25) is 4.79 Å². The monoisotopic (exact) mass is 285 g/mol. The average Bonchev–Trinajstić information content (AvgIpc) is 2.36. The number of hydrogen-bond acceptors (Lipinski definition) is 3. The zero-order valence-electron chi connectivity index (χ0n) is 10.8. The van der Waals surface area contributed by atoms with Gasteiger partial charge >= 0.3 is 6.18 Å². The van der Waals surface area contributed by atoms with Gasteiger partial charge < -0.3 is 15.5 Å². The number of carbonyl (C=O) groups is 1. The van der Waals surface area contributed by atoms with E-state index in [2.05, 4.69) is 10.6 Å². The first kappa shape index (κ1) is 13.2. The Balaban J connectivity index is 2.23. The Labute approximate surface area is 113 Å². The third kappa shape index (κ3) is 1.84. The van der Waals surface area contributed by atoms with E-state index in [1.807, 2.05) is 0 Å². The molecule has 2 aliphatic heterocycles. The minimum Gasteiger partial charge on any atom is -0.345 e. The summed E-state index contributed by atoms with van der Waals surface area (Å²) in [6.45, 7) is 3.13. The molecule has 0 spiro atoms. The number of fused-ring (bicyclic) bond motifs is 3. The highest BCUT2D eigenvalue weighted by molar-refractivity contribution is 6.03. The van der Waals surface area contributed by atoms with Crippen LogP contribution in [0.5, 0.6) is 0 Å². The lowest BCUT2D eigenvalue weighted by molar-refractivity contribution is -0.137. The smallest absolute Gasteiger partial charge is 0.345 e. The standard InChI is InChI=1S/C13H14F3N3O/c1-12-7-17-5-6-19(12)10-8(11(20)18-12)3-2-4-9(10)13(14,15)16/h2-4,17H,5-7H2,1H3,(H,18,20)/t12-/m1/s1. The summed E-state index contributed by atoms with van der Waals surface area (Å²) < 4.78 is 39.6. The fourth-order valence-electron chi connectivity index (χ4n) is 2.89. The van der Waals surface area contributed by atoms with Gasteiger partial charge in [0, 0.05) is 19.6 Å². The van der Waals surface area contributed by atoms with Gasteiger partial charge in [0.1, 0.15) is 5.66 Å². The summed E-state index contributed by atoms with van der Waals surface area (Å²) in [5.74, 6) is -0.464. The van der Waals surface area contributed by atoms with Gasteiger partial charge in [0.25, 0.3) is 5.91 Å². The molecule has 2 aliphatic rings. The number of piperazine rings is 1. The topological polar surface area (TPSA) is 44.4 Å². The molecule has 1 amide bonds. The Bertz CT molecular complexity index is 572. The fraction of sp³-hybridized carbons (Fsp3) is 0.462. The van der Waals surface area contributed by atoms with Crippen molar-refractivity contribution in [3.63, 3.8) is 0 Å². The van der Waals surface area contributed by atoms with Crippen LogP contribution in [0.25, 0.3) is 0 Å². The van der Waals surface area contributed by atoms with Gasteiger partial charge in [-0.15, -0.1) is 0 Å². The molecule has 2 heterocycles. The lowest BCUT2D eigenvalue weighted by Crippen LogP contribution is -2.71. The molecule has 0 bridgehead atoms. The van der Waals surface area contributed by atoms with Crippen LogP contribution in [-0.4, -0.2) is 31.2 Å². The second-order valence-corrected chi connectivity index (χ2v) is 5.26. The molecular formula is C13H14F3N3O. The quantitative estimate of drug-likeness (QED) is 0.760. The molecule has 1 aromatic rings. The molecule has 108 valence electrons. The highest BCUT2D eigenvalue weighted by Gasteiger charge is 2.46. The number of para-hydroxylation sites is 1. The van der Waals surface area contributed by atoms with Crippen molar-refractivity contribution < 1.29 is 18.0 Å². The Morgan fingerprint density at radius 3 is 2.80 bits per heavy atom. The first-order chi connectivity index (χ1) is 9.33. The van der Waals surface area contributed by atoms with Crippen molar-refractivity contribution in [3.05, 3.63) is 29.3 Å². The van der Waals surface area contributed by atoms with E-state index < -0.39 is 23.3 Å². The molecule has 0 saturated carbocycles. The third-order valence-corrected chi connectivity index (χ3v) is 3.82. The van der Waals surface area contributed by atoms with Gasteiger partial charge in [0.05, 0.1) is 16.8 Å². The molecule has 3 rings (SSSR count). The molecule has 1 aromatic carbocycles. The number of hydrogen-bond donors (Lipinski definition) is 2. The van der Waals surface area contributed by atoms with E-state index in [0.29, 0.717) is 19.6 Å². The summed E-state index contributed by atoms with van der Waals surface area (Å²) >= 11 is 0. The van der Waals surface area contributed by atoms with E-state index in [4.69, 9.17) is 0 Å². The van der Waals surface area contributed by atoms with Gasteiger partial charge in [-0.25, -0.2) is 0 Å². The van der Waals surface area contributed by atoms with Gasteiger partial charge in [0.15, 0.2) is 0 Å². The number of alkyl halides is 3. The van der Waals surface area contributed by atoms with Crippen LogP contribution in [0.15, 0.2) is 18.2 Å². The van der Waals surface area contributed by atoms with Gasteiger partial charge in [-0.2, -0.15) is 13.2 Å². The maximum atomic E-state index is 13.2. The first-order valence-corrected chi connectivity index (χ1v) is 6.34. The average molecular weight is 285 g/mol. The Kier molecular flexibility index (Phi) is 2.72. The van der Waals surface area contributed by atoms with Crippen LogP contribution in [0, 0.1) is 0 Å². The van der Waals surface area contributed by atoms with Crippen molar-refractivity contribution in [1.29, 1.82) is 0 Å². The summed E-state index contributed by atoms with van der Waals surface area (Å²) in [6, 6.07) is 3.73. The number of nitrogens with one attached hydrogen (secondary N) is 2. The maximum Gasteiger partial charge on any atom is 0.418 e. The van der Waals surface area contributed by atoms with Crippen LogP contribution >= 0.6 is 0 Å². The normalized spacial score (nSPS) is 25.8. The van der Waals surface area contributed by atoms with Crippen molar-refractivity contribution >= 4 is 11.6 Å². The highest BCUT2D eigenvalue weighted by Crippen LogP contribution is 2.42. The van der Waals surface area contributed by atoms with E-state index >= 15 is 0 Å². The number of amides is 1. The number of halogens is 3. The summed E-state index contributed by atoms with van der Waals surface area (Å²) in [5, 5.41) is 5.88. The number of carbonyl (C=O) groups excluding carboxylic acids is 1. The summed E-state index contributed by atoms with van der Waals surface area (Å²) in [7, 11) is 0. The molecular weight excluding hydrogens is 271 g/mol. The number of rotatable bonds is 0. The predicted octanol–water partition coefficient (Wildman–Crippen LogP) is 1.57. The van der Waals surface area contributed by atoms with E-state index in [1.165, 1.54) is 12.1 Å². The van der Waals surface area contributed by atoms with E-state index in [9.17, 15) is 18.0 Å². The van der Waals surface area contributed by atoms with Gasteiger partial charge in [0.2, 0.25) is 0 Å². The van der Waals surface area contributed by atoms with Crippen molar-refractivity contribution in [3.8, 4) is 0 Å². The number of benzene rings is 1. The molecule has 1 atom stereocenters. The third-order valence-electron chi connectivity index (χ3n) is 3.82. The van der Waals surface area contributed by atoms with Crippen LogP contribution in [0.4, 0.5) is 18.9 Å². The Morgan fingerprint density at radius 1 is 1.35 bits per heavy atom. The SMILES string of the molecule is C[C@]12CNCCN1c1c(cccc1C(F)(F)F)C(=O)N2. The molecule has 4 nitrogen and oxygen atoms in total. The summed E-state index contributed by atoms with van der Waals surface area (Å²) in [4.78, 5) is 13.7. The van der Waals surface area contributed by atoms with Crippen LogP contribution in [0.3, 0.4) is 0 Å². The van der Waals surface area contributed by atoms with Crippen LogP contribution in [0.2, 0.25) is 0 Å². The molecule has 0 radical (unpaired) electrons. The molecule has 0 aliphatic carbocycles. The minimum absolute atomic E-state index is 0.00671. The zero-order chi connectivity index (χ0) is 14.5.